The zero-order valence-corrected chi connectivity index (χ0v) is 20.4. The first-order chi connectivity index (χ1) is 16.5. The van der Waals surface area contributed by atoms with Gasteiger partial charge in [-0.25, -0.2) is 0 Å². The number of amides is 1. The quantitative estimate of drug-likeness (QED) is 0.303. The van der Waals surface area contributed by atoms with Crippen LogP contribution in [0.5, 0.6) is 11.5 Å². The normalized spacial score (nSPS) is 17.4. The van der Waals surface area contributed by atoms with E-state index >= 15 is 0 Å². The molecule has 0 radical (unpaired) electrons. The van der Waals surface area contributed by atoms with Crippen LogP contribution in [0.1, 0.15) is 44.9 Å². The highest BCUT2D eigenvalue weighted by Gasteiger charge is 2.46. The molecule has 1 fully saturated rings. The van der Waals surface area contributed by atoms with E-state index in [2.05, 4.69) is 18.7 Å². The third-order valence-electron chi connectivity index (χ3n) is 6.02. The summed E-state index contributed by atoms with van der Waals surface area (Å²) in [5.41, 5.74) is 1.26. The van der Waals surface area contributed by atoms with Gasteiger partial charge in [0.05, 0.1) is 24.8 Å². The lowest BCUT2D eigenvalue weighted by Crippen LogP contribution is -2.38. The summed E-state index contributed by atoms with van der Waals surface area (Å²) in [6.45, 7) is 11.5. The number of carbonyl (C=O) groups excluding carboxylic acids is 2. The van der Waals surface area contributed by atoms with Gasteiger partial charge in [-0.2, -0.15) is 0 Å². The van der Waals surface area contributed by atoms with Crippen molar-refractivity contribution in [1.29, 1.82) is 0 Å². The van der Waals surface area contributed by atoms with Crippen molar-refractivity contribution >= 4 is 17.4 Å². The number of Topliss-reactive ketones (excluding diaryl/α,β-unsaturated/α-hetero) is 1. The number of likely N-dealkylation sites (N-methyl/N-ethyl adjacent to an activating group) is 1. The molecule has 7 nitrogen and oxygen atoms in total. The number of likely N-dealkylation sites (tertiary alicyclic amines) is 1. The number of aliphatic hydroxyl groups excluding tert-OH is 1. The number of benzene rings is 2. The standard InChI is InChI=1S/C27H34N2O5/c1-5-28(6-2)16-17-29-24(20-14-15-21(33-7-3)22(18-20)34-8-4)23(26(31)27(29)32)25(30)19-12-10-9-11-13-19/h9-15,18,24,30H,5-8,16-17H2,1-4H3/t24-/m1/s1. The minimum Gasteiger partial charge on any atom is -0.507 e. The van der Waals surface area contributed by atoms with Gasteiger partial charge < -0.3 is 24.4 Å². The van der Waals surface area contributed by atoms with Gasteiger partial charge in [-0.3, -0.25) is 9.59 Å². The average Bonchev–Trinajstić information content (AvgIpc) is 3.11. The zero-order chi connectivity index (χ0) is 24.7. The van der Waals surface area contributed by atoms with Crippen molar-refractivity contribution < 1.29 is 24.2 Å². The first-order valence-corrected chi connectivity index (χ1v) is 11.9. The van der Waals surface area contributed by atoms with Crippen LogP contribution in [0.15, 0.2) is 54.1 Å². The highest BCUT2D eigenvalue weighted by Crippen LogP contribution is 2.42. The molecule has 7 heteroatoms. The number of carbonyl (C=O) groups is 2. The molecule has 0 aliphatic carbocycles. The van der Waals surface area contributed by atoms with Gasteiger partial charge in [0.15, 0.2) is 11.5 Å². The van der Waals surface area contributed by atoms with Crippen molar-refractivity contribution in [2.24, 2.45) is 0 Å². The lowest BCUT2D eigenvalue weighted by molar-refractivity contribution is -0.140. The fraction of sp³-hybridized carbons (Fsp3) is 0.407. The molecular formula is C27H34N2O5. The van der Waals surface area contributed by atoms with Gasteiger partial charge in [0.2, 0.25) is 0 Å². The molecule has 0 spiro atoms. The number of nitrogens with zero attached hydrogens (tertiary/aromatic N) is 2. The molecule has 0 aromatic heterocycles. The van der Waals surface area contributed by atoms with Crippen LogP contribution in [0.2, 0.25) is 0 Å². The van der Waals surface area contributed by atoms with E-state index in [1.54, 1.807) is 41.3 Å². The SMILES string of the molecule is CCOc1ccc([C@@H]2C(=C(O)c3ccccc3)C(=O)C(=O)N2CCN(CC)CC)cc1OCC. The topological polar surface area (TPSA) is 79.3 Å². The maximum Gasteiger partial charge on any atom is 0.295 e. The Morgan fingerprint density at radius 3 is 2.21 bits per heavy atom. The summed E-state index contributed by atoms with van der Waals surface area (Å²) in [4.78, 5) is 30.1. The lowest BCUT2D eigenvalue weighted by atomic mass is 9.95. The number of ether oxygens (including phenoxy) is 2. The van der Waals surface area contributed by atoms with Gasteiger partial charge in [-0.15, -0.1) is 0 Å². The summed E-state index contributed by atoms with van der Waals surface area (Å²) in [6, 6.07) is 13.5. The maximum atomic E-state index is 13.2. The van der Waals surface area contributed by atoms with Crippen molar-refractivity contribution in [2.45, 2.75) is 33.7 Å². The van der Waals surface area contributed by atoms with Gasteiger partial charge in [0.25, 0.3) is 11.7 Å². The first-order valence-electron chi connectivity index (χ1n) is 11.9. The smallest absolute Gasteiger partial charge is 0.295 e. The summed E-state index contributed by atoms with van der Waals surface area (Å²) >= 11 is 0. The minimum atomic E-state index is -0.731. The zero-order valence-electron chi connectivity index (χ0n) is 20.4. The Bertz CT molecular complexity index is 1030. The molecule has 0 bridgehead atoms. The third-order valence-corrected chi connectivity index (χ3v) is 6.02. The highest BCUT2D eigenvalue weighted by atomic mass is 16.5. The summed E-state index contributed by atoms with van der Waals surface area (Å²) in [7, 11) is 0. The molecule has 2 aromatic rings. The second-order valence-corrected chi connectivity index (χ2v) is 7.96. The van der Waals surface area contributed by atoms with Crippen LogP contribution in [0, 0.1) is 0 Å². The van der Waals surface area contributed by atoms with Crippen molar-refractivity contribution in [2.75, 3.05) is 39.4 Å². The molecule has 1 N–H and O–H groups in total. The fourth-order valence-electron chi connectivity index (χ4n) is 4.24. The summed E-state index contributed by atoms with van der Waals surface area (Å²) in [5, 5.41) is 11.2. The monoisotopic (exact) mass is 466 g/mol. The first kappa shape index (κ1) is 25.3. The number of ketones is 1. The number of aliphatic hydroxyl groups is 1. The molecule has 1 aliphatic heterocycles. The third kappa shape index (κ3) is 5.25. The van der Waals surface area contributed by atoms with Crippen LogP contribution < -0.4 is 9.47 Å². The Kier molecular flexibility index (Phi) is 8.71. The molecule has 182 valence electrons. The predicted octanol–water partition coefficient (Wildman–Crippen LogP) is 4.25. The summed E-state index contributed by atoms with van der Waals surface area (Å²) in [5.74, 6) is -0.340. The van der Waals surface area contributed by atoms with Crippen LogP contribution in [-0.2, 0) is 9.59 Å². The van der Waals surface area contributed by atoms with Crippen LogP contribution in [0.3, 0.4) is 0 Å². The lowest BCUT2D eigenvalue weighted by Gasteiger charge is -2.28. The van der Waals surface area contributed by atoms with Crippen LogP contribution in [-0.4, -0.2) is 66.0 Å². The molecule has 1 heterocycles. The number of hydrogen-bond acceptors (Lipinski definition) is 6. The predicted molar refractivity (Wildman–Crippen MR) is 132 cm³/mol. The van der Waals surface area contributed by atoms with E-state index < -0.39 is 17.7 Å². The molecule has 1 saturated heterocycles. The molecule has 0 saturated carbocycles. The Hall–Kier alpha value is -3.32. The molecule has 1 amide bonds. The molecule has 0 unspecified atom stereocenters. The van der Waals surface area contributed by atoms with Crippen molar-refractivity contribution in [3.05, 3.63) is 65.2 Å². The van der Waals surface area contributed by atoms with Crippen LogP contribution in [0.25, 0.3) is 5.76 Å². The van der Waals surface area contributed by atoms with Gasteiger partial charge in [-0.1, -0.05) is 50.2 Å². The molecule has 1 aliphatic rings. The molecule has 3 rings (SSSR count). The molecule has 1 atom stereocenters. The molecule has 2 aromatic carbocycles. The van der Waals surface area contributed by atoms with Gasteiger partial charge in [0.1, 0.15) is 5.76 Å². The van der Waals surface area contributed by atoms with E-state index in [9.17, 15) is 14.7 Å². The van der Waals surface area contributed by atoms with Crippen molar-refractivity contribution in [3.63, 3.8) is 0 Å². The van der Waals surface area contributed by atoms with E-state index in [1.165, 1.54) is 0 Å². The van der Waals surface area contributed by atoms with Crippen molar-refractivity contribution in [3.8, 4) is 11.5 Å². The average molecular weight is 467 g/mol. The van der Waals surface area contributed by atoms with E-state index in [0.717, 1.165) is 13.1 Å². The highest BCUT2D eigenvalue weighted by molar-refractivity contribution is 6.46. The fourth-order valence-corrected chi connectivity index (χ4v) is 4.24. The molecular weight excluding hydrogens is 432 g/mol. The van der Waals surface area contributed by atoms with Crippen molar-refractivity contribution in [1.82, 2.24) is 9.80 Å². The Morgan fingerprint density at radius 1 is 0.941 bits per heavy atom. The van der Waals surface area contributed by atoms with E-state index in [1.807, 2.05) is 26.0 Å². The van der Waals surface area contributed by atoms with Crippen LogP contribution in [0.4, 0.5) is 0 Å². The van der Waals surface area contributed by atoms with E-state index in [-0.39, 0.29) is 11.3 Å². The van der Waals surface area contributed by atoms with Gasteiger partial charge >= 0.3 is 0 Å². The van der Waals surface area contributed by atoms with E-state index in [0.29, 0.717) is 48.9 Å². The molecule has 34 heavy (non-hydrogen) atoms. The van der Waals surface area contributed by atoms with E-state index in [4.69, 9.17) is 9.47 Å². The van der Waals surface area contributed by atoms with Gasteiger partial charge in [-0.05, 0) is 44.6 Å². The maximum absolute atomic E-state index is 13.2. The minimum absolute atomic E-state index is 0.0855. The Labute approximate surface area is 201 Å². The second kappa shape index (κ2) is 11.7. The summed E-state index contributed by atoms with van der Waals surface area (Å²) < 4.78 is 11.5. The largest absolute Gasteiger partial charge is 0.507 e. The Morgan fingerprint density at radius 2 is 1.59 bits per heavy atom. The summed E-state index contributed by atoms with van der Waals surface area (Å²) in [6.07, 6.45) is 0. The number of hydrogen-bond donors (Lipinski definition) is 1. The Balaban J connectivity index is 2.13. The number of rotatable bonds is 11. The second-order valence-electron chi connectivity index (χ2n) is 7.96. The van der Waals surface area contributed by atoms with Gasteiger partial charge in [0, 0.05) is 18.7 Å². The van der Waals surface area contributed by atoms with Crippen LogP contribution >= 0.6 is 0 Å².